The van der Waals surface area contributed by atoms with Crippen molar-refractivity contribution in [1.29, 1.82) is 0 Å². The van der Waals surface area contributed by atoms with Crippen LogP contribution in [-0.4, -0.2) is 32.3 Å². The molecule has 1 aliphatic heterocycles. The molecular formula is C22H25N5S. The zero-order chi connectivity index (χ0) is 18.9. The highest BCUT2D eigenvalue weighted by atomic mass is 32.1. The molecule has 2 fully saturated rings. The first-order chi connectivity index (χ1) is 13.6. The van der Waals surface area contributed by atoms with Crippen LogP contribution in [0.15, 0.2) is 30.7 Å². The van der Waals surface area contributed by atoms with Crippen molar-refractivity contribution in [3.8, 4) is 10.4 Å². The smallest absolute Gasteiger partial charge is 0.194 e. The minimum Gasteiger partial charge on any atom is -0.316 e. The quantitative estimate of drug-likeness (QED) is 0.547. The van der Waals surface area contributed by atoms with E-state index in [-0.39, 0.29) is 0 Å². The first kappa shape index (κ1) is 16.7. The average molecular weight is 392 g/mol. The van der Waals surface area contributed by atoms with Gasteiger partial charge in [-0.15, -0.1) is 0 Å². The Kier molecular flexibility index (Phi) is 3.53. The molecule has 3 aromatic heterocycles. The number of fused-ring (bicyclic) bond motifs is 2. The molecule has 1 N–H and O–H groups in total. The van der Waals surface area contributed by atoms with Gasteiger partial charge in [0.15, 0.2) is 4.96 Å². The molecule has 0 radical (unpaired) electrons. The molecule has 5 nitrogen and oxygen atoms in total. The number of imidazole rings is 1. The molecule has 1 aromatic carbocycles. The molecule has 2 aliphatic rings. The van der Waals surface area contributed by atoms with Gasteiger partial charge in [-0.1, -0.05) is 11.3 Å². The Labute approximate surface area is 168 Å². The number of thiazole rings is 1. The third kappa shape index (κ3) is 2.54. The Morgan fingerprint density at radius 3 is 2.89 bits per heavy atom. The lowest BCUT2D eigenvalue weighted by molar-refractivity contribution is 0.0657. The number of aromatic nitrogens is 4. The van der Waals surface area contributed by atoms with Gasteiger partial charge >= 0.3 is 0 Å². The van der Waals surface area contributed by atoms with Crippen LogP contribution in [0, 0.1) is 12.3 Å². The maximum atomic E-state index is 4.99. The number of hydrogen-bond donors (Lipinski definition) is 1. The van der Waals surface area contributed by atoms with E-state index < -0.39 is 0 Å². The van der Waals surface area contributed by atoms with E-state index in [2.05, 4.69) is 52.5 Å². The van der Waals surface area contributed by atoms with E-state index in [1.165, 1.54) is 65.9 Å². The van der Waals surface area contributed by atoms with Gasteiger partial charge < -0.3 is 5.32 Å². The van der Waals surface area contributed by atoms with E-state index in [0.29, 0.717) is 11.3 Å². The maximum Gasteiger partial charge on any atom is 0.194 e. The van der Waals surface area contributed by atoms with Gasteiger partial charge in [-0.3, -0.25) is 9.08 Å². The average Bonchev–Trinajstić information content (AvgIpc) is 3.32. The lowest BCUT2D eigenvalue weighted by Gasteiger charge is -2.50. The highest BCUT2D eigenvalue weighted by Crippen LogP contribution is 2.54. The van der Waals surface area contributed by atoms with Gasteiger partial charge in [0.2, 0.25) is 0 Å². The first-order valence-corrected chi connectivity index (χ1v) is 11.0. The van der Waals surface area contributed by atoms with Crippen molar-refractivity contribution >= 4 is 27.2 Å². The summed E-state index contributed by atoms with van der Waals surface area (Å²) in [5, 5.41) is 9.35. The number of hydrogen-bond acceptors (Lipinski definition) is 4. The van der Waals surface area contributed by atoms with Crippen molar-refractivity contribution in [3.63, 3.8) is 0 Å². The normalized spacial score (nSPS) is 25.0. The Morgan fingerprint density at radius 2 is 2.11 bits per heavy atom. The van der Waals surface area contributed by atoms with Crippen LogP contribution in [0.2, 0.25) is 0 Å². The number of nitrogens with one attached hydrogen (secondary N) is 1. The fraction of sp³-hybridized carbons (Fsp3) is 0.455. The summed E-state index contributed by atoms with van der Waals surface area (Å²) in [4.78, 5) is 7.37. The minimum atomic E-state index is 0.557. The molecule has 4 heterocycles. The fourth-order valence-electron chi connectivity index (χ4n) is 5.29. The SMILES string of the molecule is Cc1cc(-c2cn3cc(C4CC5(CCCNC5)C4)nc3s2)cc2cn(C)nc12. The third-order valence-corrected chi connectivity index (χ3v) is 7.76. The van der Waals surface area contributed by atoms with Gasteiger partial charge in [0, 0.05) is 43.5 Å². The highest BCUT2D eigenvalue weighted by molar-refractivity contribution is 7.20. The van der Waals surface area contributed by atoms with Crippen molar-refractivity contribution < 1.29 is 0 Å². The van der Waals surface area contributed by atoms with Crippen LogP contribution in [0.25, 0.3) is 26.3 Å². The molecule has 6 rings (SSSR count). The van der Waals surface area contributed by atoms with Gasteiger partial charge in [-0.2, -0.15) is 5.10 Å². The summed E-state index contributed by atoms with van der Waals surface area (Å²) >= 11 is 1.79. The van der Waals surface area contributed by atoms with Gasteiger partial charge in [-0.25, -0.2) is 4.98 Å². The molecular weight excluding hydrogens is 366 g/mol. The van der Waals surface area contributed by atoms with Gasteiger partial charge in [-0.05, 0) is 67.8 Å². The van der Waals surface area contributed by atoms with Gasteiger partial charge in [0.05, 0.1) is 16.1 Å². The summed E-state index contributed by atoms with van der Waals surface area (Å²) in [5.41, 5.74) is 5.41. The number of benzene rings is 1. The van der Waals surface area contributed by atoms with Gasteiger partial charge in [0.25, 0.3) is 0 Å². The molecule has 6 heteroatoms. The summed E-state index contributed by atoms with van der Waals surface area (Å²) in [7, 11) is 1.98. The Bertz CT molecular complexity index is 1150. The maximum absolute atomic E-state index is 4.99. The minimum absolute atomic E-state index is 0.557. The molecule has 28 heavy (non-hydrogen) atoms. The Balaban J connectivity index is 1.28. The molecule has 0 bridgehead atoms. The van der Waals surface area contributed by atoms with E-state index in [4.69, 9.17) is 4.98 Å². The molecule has 0 amide bonds. The zero-order valence-corrected chi connectivity index (χ0v) is 17.2. The van der Waals surface area contributed by atoms with E-state index >= 15 is 0 Å². The third-order valence-electron chi connectivity index (χ3n) is 6.71. The number of rotatable bonds is 2. The summed E-state index contributed by atoms with van der Waals surface area (Å²) in [5.74, 6) is 0.643. The van der Waals surface area contributed by atoms with E-state index in [9.17, 15) is 0 Å². The van der Waals surface area contributed by atoms with Gasteiger partial charge in [0.1, 0.15) is 0 Å². The van der Waals surface area contributed by atoms with Crippen LogP contribution >= 0.6 is 11.3 Å². The molecule has 0 atom stereocenters. The summed E-state index contributed by atoms with van der Waals surface area (Å²) in [6, 6.07) is 4.49. The molecule has 1 saturated carbocycles. The number of aryl methyl sites for hydroxylation is 2. The van der Waals surface area contributed by atoms with Crippen molar-refractivity contribution in [2.24, 2.45) is 12.5 Å². The summed E-state index contributed by atoms with van der Waals surface area (Å²) in [6.45, 7) is 4.54. The zero-order valence-electron chi connectivity index (χ0n) is 16.4. The first-order valence-electron chi connectivity index (χ1n) is 10.2. The molecule has 4 aromatic rings. The predicted molar refractivity (Wildman–Crippen MR) is 114 cm³/mol. The number of piperidine rings is 1. The van der Waals surface area contributed by atoms with Crippen LogP contribution in [0.1, 0.15) is 42.9 Å². The molecule has 1 spiro atoms. The molecule has 144 valence electrons. The Hall–Kier alpha value is -2.18. The van der Waals surface area contributed by atoms with Crippen LogP contribution in [0.3, 0.4) is 0 Å². The van der Waals surface area contributed by atoms with Crippen LogP contribution in [0.4, 0.5) is 0 Å². The second-order valence-corrected chi connectivity index (χ2v) is 9.88. The monoisotopic (exact) mass is 391 g/mol. The lowest BCUT2D eigenvalue weighted by Crippen LogP contribution is -2.47. The van der Waals surface area contributed by atoms with Crippen molar-refractivity contribution in [1.82, 2.24) is 24.5 Å². The van der Waals surface area contributed by atoms with Crippen molar-refractivity contribution in [2.45, 2.75) is 38.5 Å². The summed E-state index contributed by atoms with van der Waals surface area (Å²) in [6.07, 6.45) is 11.9. The molecule has 0 unspecified atom stereocenters. The lowest BCUT2D eigenvalue weighted by atomic mass is 9.58. The van der Waals surface area contributed by atoms with E-state index in [0.717, 1.165) is 10.5 Å². The largest absolute Gasteiger partial charge is 0.316 e. The fourth-order valence-corrected chi connectivity index (χ4v) is 6.25. The summed E-state index contributed by atoms with van der Waals surface area (Å²) < 4.78 is 4.12. The molecule has 1 saturated heterocycles. The predicted octanol–water partition coefficient (Wildman–Crippen LogP) is 4.51. The van der Waals surface area contributed by atoms with Crippen LogP contribution in [0.5, 0.6) is 0 Å². The van der Waals surface area contributed by atoms with Crippen molar-refractivity contribution in [3.05, 3.63) is 42.0 Å². The molecule has 1 aliphatic carbocycles. The second-order valence-electron chi connectivity index (χ2n) is 8.87. The standard InChI is InChI=1S/C22H25N5S/c1-14-6-15(7-16-10-26(2)25-20(14)16)19-12-27-11-18(24-21(27)28-19)17-8-22(9-17)4-3-5-23-13-22/h6-7,10-12,17,23H,3-5,8-9,13H2,1-2H3. The second kappa shape index (κ2) is 5.91. The van der Waals surface area contributed by atoms with Crippen LogP contribution < -0.4 is 5.32 Å². The van der Waals surface area contributed by atoms with E-state index in [1.807, 2.05) is 11.7 Å². The number of nitrogens with zero attached hydrogens (tertiary/aromatic N) is 4. The topological polar surface area (TPSA) is 47.1 Å². The highest BCUT2D eigenvalue weighted by Gasteiger charge is 2.45. The Morgan fingerprint density at radius 1 is 1.21 bits per heavy atom. The van der Waals surface area contributed by atoms with E-state index in [1.54, 1.807) is 11.3 Å². The van der Waals surface area contributed by atoms with Crippen molar-refractivity contribution in [2.75, 3.05) is 13.1 Å². The van der Waals surface area contributed by atoms with Crippen LogP contribution in [-0.2, 0) is 7.05 Å².